The summed E-state index contributed by atoms with van der Waals surface area (Å²) < 4.78 is 15.1. The Balaban J connectivity index is 1.66. The Kier molecular flexibility index (Phi) is 5.36. The van der Waals surface area contributed by atoms with Crippen LogP contribution in [0.3, 0.4) is 0 Å². The molecule has 26 heavy (non-hydrogen) atoms. The van der Waals surface area contributed by atoms with Crippen LogP contribution in [0.15, 0.2) is 41.8 Å². The molecular formula is C19H23FN5S+. The number of hydrogen-bond donors (Lipinski definition) is 1. The second-order valence-electron chi connectivity index (χ2n) is 6.84. The normalized spacial score (nSPS) is 17.1. The third-order valence-corrected chi connectivity index (χ3v) is 5.98. The van der Waals surface area contributed by atoms with Gasteiger partial charge in [0.25, 0.3) is 0 Å². The Morgan fingerprint density at radius 3 is 2.54 bits per heavy atom. The van der Waals surface area contributed by atoms with E-state index < -0.39 is 0 Å². The molecule has 7 heteroatoms. The van der Waals surface area contributed by atoms with Crippen molar-refractivity contribution >= 4 is 11.3 Å². The van der Waals surface area contributed by atoms with Crippen LogP contribution in [0.1, 0.15) is 48.0 Å². The van der Waals surface area contributed by atoms with Crippen molar-refractivity contribution in [2.45, 2.75) is 38.3 Å². The average Bonchev–Trinajstić information content (AvgIpc) is 3.26. The van der Waals surface area contributed by atoms with Crippen LogP contribution in [0.2, 0.25) is 0 Å². The van der Waals surface area contributed by atoms with E-state index in [0.29, 0.717) is 6.54 Å². The van der Waals surface area contributed by atoms with Crippen LogP contribution in [-0.2, 0) is 6.54 Å². The fourth-order valence-corrected chi connectivity index (χ4v) is 4.61. The zero-order chi connectivity index (χ0) is 17.8. The van der Waals surface area contributed by atoms with Crippen LogP contribution in [0.25, 0.3) is 0 Å². The predicted octanol–water partition coefficient (Wildman–Crippen LogP) is 2.47. The molecule has 1 aliphatic heterocycles. The quantitative estimate of drug-likeness (QED) is 0.749. The van der Waals surface area contributed by atoms with Crippen LogP contribution in [0, 0.1) is 5.82 Å². The molecule has 0 spiro atoms. The van der Waals surface area contributed by atoms with Crippen LogP contribution in [0.5, 0.6) is 0 Å². The minimum Gasteiger partial charge on any atom is -0.322 e. The lowest BCUT2D eigenvalue weighted by Crippen LogP contribution is -3.12. The number of halogens is 1. The zero-order valence-electron chi connectivity index (χ0n) is 14.6. The van der Waals surface area contributed by atoms with Gasteiger partial charge in [-0.05, 0) is 65.3 Å². The maximum Gasteiger partial charge on any atom is 0.215 e. The maximum atomic E-state index is 13.2. The molecule has 0 radical (unpaired) electrons. The van der Waals surface area contributed by atoms with Gasteiger partial charge in [-0.15, -0.1) is 16.4 Å². The molecule has 3 heterocycles. The highest BCUT2D eigenvalue weighted by atomic mass is 32.1. The molecule has 136 valence electrons. The van der Waals surface area contributed by atoms with Gasteiger partial charge in [-0.1, -0.05) is 18.2 Å². The summed E-state index contributed by atoms with van der Waals surface area (Å²) in [6.45, 7) is 2.84. The smallest absolute Gasteiger partial charge is 0.215 e. The number of rotatable bonds is 5. The highest BCUT2D eigenvalue weighted by Crippen LogP contribution is 2.23. The minimum atomic E-state index is -0.226. The number of thiophene rings is 1. The van der Waals surface area contributed by atoms with Gasteiger partial charge in [0.05, 0.1) is 24.5 Å². The molecular weight excluding hydrogens is 349 g/mol. The summed E-state index contributed by atoms with van der Waals surface area (Å²) in [5.74, 6) is 0.671. The molecule has 1 fully saturated rings. The first kappa shape index (κ1) is 17.3. The number of nitrogens with one attached hydrogen (secondary N) is 1. The number of aromatic nitrogens is 4. The van der Waals surface area contributed by atoms with Crippen molar-refractivity contribution in [2.24, 2.45) is 0 Å². The standard InChI is InChI=1S/C19H22FN5S/c20-16-9-7-15(8-10-16)14-25-19(21-22-23-25)18(17-6-5-13-26-17)24-11-3-1-2-4-12-24/h5-10,13,18H,1-4,11-12,14H2/p+1/t18-/m1/s1. The van der Waals surface area contributed by atoms with Gasteiger partial charge in [0.2, 0.25) is 5.82 Å². The highest BCUT2D eigenvalue weighted by Gasteiger charge is 2.32. The summed E-state index contributed by atoms with van der Waals surface area (Å²) in [4.78, 5) is 2.84. The zero-order valence-corrected chi connectivity index (χ0v) is 15.5. The average molecular weight is 372 g/mol. The lowest BCUT2D eigenvalue weighted by Gasteiger charge is -2.26. The van der Waals surface area contributed by atoms with Crippen molar-refractivity contribution in [2.75, 3.05) is 13.1 Å². The van der Waals surface area contributed by atoms with Crippen LogP contribution < -0.4 is 4.90 Å². The van der Waals surface area contributed by atoms with Crippen molar-refractivity contribution in [3.8, 4) is 0 Å². The van der Waals surface area contributed by atoms with E-state index in [4.69, 9.17) is 0 Å². The predicted molar refractivity (Wildman–Crippen MR) is 98.6 cm³/mol. The van der Waals surface area contributed by atoms with Gasteiger partial charge in [-0.2, -0.15) is 0 Å². The fourth-order valence-electron chi connectivity index (χ4n) is 3.73. The van der Waals surface area contributed by atoms with Gasteiger partial charge >= 0.3 is 0 Å². The SMILES string of the molecule is Fc1ccc(Cn2nnnc2[C@@H](c2cccs2)[NH+]2CCCCCC2)cc1. The van der Waals surface area contributed by atoms with E-state index in [0.717, 1.165) is 24.5 Å². The Labute approximate surface area is 156 Å². The largest absolute Gasteiger partial charge is 0.322 e. The Bertz CT molecular complexity index is 807. The second-order valence-corrected chi connectivity index (χ2v) is 7.82. The number of quaternary nitrogens is 1. The molecule has 0 saturated carbocycles. The molecule has 1 aliphatic rings. The maximum absolute atomic E-state index is 13.2. The van der Waals surface area contributed by atoms with Gasteiger partial charge in [-0.25, -0.2) is 9.07 Å². The van der Waals surface area contributed by atoms with E-state index in [1.165, 1.54) is 42.7 Å². The molecule has 1 aromatic carbocycles. The first-order valence-corrected chi connectivity index (χ1v) is 10.1. The number of hydrogen-bond acceptors (Lipinski definition) is 4. The van der Waals surface area contributed by atoms with Gasteiger partial charge < -0.3 is 4.90 Å². The third-order valence-electron chi connectivity index (χ3n) is 5.05. The van der Waals surface area contributed by atoms with E-state index >= 15 is 0 Å². The third kappa shape index (κ3) is 3.83. The number of likely N-dealkylation sites (tertiary alicyclic amines) is 1. The number of nitrogens with zero attached hydrogens (tertiary/aromatic N) is 4. The highest BCUT2D eigenvalue weighted by molar-refractivity contribution is 7.10. The molecule has 2 aromatic heterocycles. The van der Waals surface area contributed by atoms with Gasteiger partial charge in [0.1, 0.15) is 5.82 Å². The summed E-state index contributed by atoms with van der Waals surface area (Å²) >= 11 is 1.77. The van der Waals surface area contributed by atoms with E-state index in [9.17, 15) is 4.39 Å². The van der Waals surface area contributed by atoms with Crippen molar-refractivity contribution in [3.05, 3.63) is 63.9 Å². The van der Waals surface area contributed by atoms with Gasteiger partial charge in [-0.3, -0.25) is 0 Å². The first-order chi connectivity index (χ1) is 12.8. The topological polar surface area (TPSA) is 48.0 Å². The lowest BCUT2D eigenvalue weighted by atomic mass is 10.1. The summed E-state index contributed by atoms with van der Waals surface area (Å²) in [7, 11) is 0. The second kappa shape index (κ2) is 8.05. The molecule has 0 bridgehead atoms. The van der Waals surface area contributed by atoms with Crippen LogP contribution in [-0.4, -0.2) is 33.3 Å². The van der Waals surface area contributed by atoms with Crippen molar-refractivity contribution in [3.63, 3.8) is 0 Å². The van der Waals surface area contributed by atoms with E-state index in [1.54, 1.807) is 28.4 Å². The van der Waals surface area contributed by atoms with Crippen molar-refractivity contribution in [1.82, 2.24) is 20.2 Å². The van der Waals surface area contributed by atoms with Crippen LogP contribution in [0.4, 0.5) is 4.39 Å². The number of tetrazole rings is 1. The van der Waals surface area contributed by atoms with Gasteiger partial charge in [0, 0.05) is 0 Å². The van der Waals surface area contributed by atoms with Gasteiger partial charge in [0.15, 0.2) is 6.04 Å². The number of benzene rings is 1. The molecule has 0 aliphatic carbocycles. The van der Waals surface area contributed by atoms with E-state index in [1.807, 2.05) is 4.68 Å². The molecule has 0 amide bonds. The molecule has 5 nitrogen and oxygen atoms in total. The molecule has 1 N–H and O–H groups in total. The van der Waals surface area contributed by atoms with Crippen LogP contribution >= 0.6 is 11.3 Å². The Hall–Kier alpha value is -2.12. The lowest BCUT2D eigenvalue weighted by molar-refractivity contribution is -0.925. The molecule has 4 rings (SSSR count). The molecule has 3 aromatic rings. The summed E-state index contributed by atoms with van der Waals surface area (Å²) in [5, 5.41) is 14.7. The van der Waals surface area contributed by atoms with E-state index in [-0.39, 0.29) is 11.9 Å². The molecule has 1 atom stereocenters. The van der Waals surface area contributed by atoms with E-state index in [2.05, 4.69) is 33.0 Å². The summed E-state index contributed by atoms with van der Waals surface area (Å²) in [6.07, 6.45) is 5.11. The first-order valence-electron chi connectivity index (χ1n) is 9.20. The minimum absolute atomic E-state index is 0.156. The monoisotopic (exact) mass is 372 g/mol. The van der Waals surface area contributed by atoms with Crippen molar-refractivity contribution in [1.29, 1.82) is 0 Å². The fraction of sp³-hybridized carbons (Fsp3) is 0.421. The summed E-state index contributed by atoms with van der Waals surface area (Å²) in [6, 6.07) is 11.0. The molecule has 1 saturated heterocycles. The summed E-state index contributed by atoms with van der Waals surface area (Å²) in [5.41, 5.74) is 0.996. The van der Waals surface area contributed by atoms with Crippen molar-refractivity contribution < 1.29 is 9.29 Å². The Morgan fingerprint density at radius 2 is 1.85 bits per heavy atom. The molecule has 0 unspecified atom stereocenters. The Morgan fingerprint density at radius 1 is 1.08 bits per heavy atom.